The van der Waals surface area contributed by atoms with E-state index in [0.29, 0.717) is 0 Å². The summed E-state index contributed by atoms with van der Waals surface area (Å²) in [4.78, 5) is 0. The van der Waals surface area contributed by atoms with Crippen LogP contribution in [0.25, 0.3) is 0 Å². The minimum absolute atomic E-state index is 0.186. The molecule has 4 N–H and O–H groups in total. The SMILES string of the molecule is CC(C)Oc1c(F)cc(C=NN=C(N)N)cc1F. The van der Waals surface area contributed by atoms with Crippen molar-refractivity contribution < 1.29 is 13.5 Å². The summed E-state index contributed by atoms with van der Waals surface area (Å²) in [5.74, 6) is -2.28. The molecule has 0 amide bonds. The molecule has 0 heterocycles. The van der Waals surface area contributed by atoms with Crippen LogP contribution in [0.5, 0.6) is 5.75 Å². The van der Waals surface area contributed by atoms with Crippen molar-refractivity contribution in [2.45, 2.75) is 20.0 Å². The highest BCUT2D eigenvalue weighted by atomic mass is 19.1. The van der Waals surface area contributed by atoms with E-state index in [2.05, 4.69) is 10.2 Å². The van der Waals surface area contributed by atoms with Gasteiger partial charge in [-0.3, -0.25) is 0 Å². The first-order chi connectivity index (χ1) is 8.40. The lowest BCUT2D eigenvalue weighted by Gasteiger charge is -2.11. The Balaban J connectivity index is 2.99. The average molecular weight is 256 g/mol. The van der Waals surface area contributed by atoms with E-state index in [4.69, 9.17) is 16.2 Å². The van der Waals surface area contributed by atoms with E-state index in [1.165, 1.54) is 0 Å². The van der Waals surface area contributed by atoms with Crippen LogP contribution in [0.3, 0.4) is 0 Å². The van der Waals surface area contributed by atoms with Gasteiger partial charge in [-0.1, -0.05) is 0 Å². The Morgan fingerprint density at radius 3 is 2.28 bits per heavy atom. The van der Waals surface area contributed by atoms with Crippen molar-refractivity contribution in [2.24, 2.45) is 21.7 Å². The van der Waals surface area contributed by atoms with Gasteiger partial charge in [-0.05, 0) is 26.0 Å². The van der Waals surface area contributed by atoms with Gasteiger partial charge in [-0.25, -0.2) is 8.78 Å². The second-order valence-electron chi connectivity index (χ2n) is 3.75. The standard InChI is InChI=1S/C11H14F2N4O/c1-6(2)18-10-8(12)3-7(4-9(10)13)5-16-17-11(14)15/h3-6H,1-2H3,(H4,14,15,17). The predicted molar refractivity (Wildman–Crippen MR) is 65.5 cm³/mol. The first-order valence-electron chi connectivity index (χ1n) is 5.18. The summed E-state index contributed by atoms with van der Waals surface area (Å²) in [6, 6.07) is 2.15. The van der Waals surface area contributed by atoms with E-state index >= 15 is 0 Å². The van der Waals surface area contributed by atoms with Gasteiger partial charge < -0.3 is 16.2 Å². The number of ether oxygens (including phenoxy) is 1. The molecule has 18 heavy (non-hydrogen) atoms. The number of halogens is 2. The van der Waals surface area contributed by atoms with Crippen LogP contribution >= 0.6 is 0 Å². The summed E-state index contributed by atoms with van der Waals surface area (Å²) in [5.41, 5.74) is 10.3. The Morgan fingerprint density at radius 1 is 1.28 bits per heavy atom. The largest absolute Gasteiger partial charge is 0.485 e. The van der Waals surface area contributed by atoms with Gasteiger partial charge >= 0.3 is 0 Å². The second kappa shape index (κ2) is 5.95. The minimum Gasteiger partial charge on any atom is -0.485 e. The molecule has 98 valence electrons. The van der Waals surface area contributed by atoms with Gasteiger partial charge in [0, 0.05) is 5.56 Å². The lowest BCUT2D eigenvalue weighted by atomic mass is 10.2. The molecule has 0 aliphatic heterocycles. The Bertz CT molecular complexity index is 459. The first kappa shape index (κ1) is 13.9. The molecule has 0 fully saturated rings. The molecule has 5 nitrogen and oxygen atoms in total. The van der Waals surface area contributed by atoms with Gasteiger partial charge in [0.05, 0.1) is 12.3 Å². The number of benzene rings is 1. The van der Waals surface area contributed by atoms with Gasteiger partial charge in [-0.15, -0.1) is 5.10 Å². The monoisotopic (exact) mass is 256 g/mol. The lowest BCUT2D eigenvalue weighted by Crippen LogP contribution is -2.21. The van der Waals surface area contributed by atoms with Crippen molar-refractivity contribution in [2.75, 3.05) is 0 Å². The fourth-order valence-corrected chi connectivity index (χ4v) is 1.16. The van der Waals surface area contributed by atoms with Crippen molar-refractivity contribution in [1.82, 2.24) is 0 Å². The molecule has 0 saturated heterocycles. The highest BCUT2D eigenvalue weighted by molar-refractivity contribution is 5.81. The number of hydrogen-bond acceptors (Lipinski definition) is 3. The van der Waals surface area contributed by atoms with Crippen LogP contribution in [-0.2, 0) is 0 Å². The molecule has 7 heteroatoms. The Kier molecular flexibility index (Phi) is 4.59. The minimum atomic E-state index is -0.810. The predicted octanol–water partition coefficient (Wildman–Crippen LogP) is 1.36. The van der Waals surface area contributed by atoms with Crippen molar-refractivity contribution in [3.63, 3.8) is 0 Å². The molecule has 0 spiro atoms. The smallest absolute Gasteiger partial charge is 0.211 e. The Labute approximate surface area is 103 Å². The number of rotatable bonds is 4. The fourth-order valence-electron chi connectivity index (χ4n) is 1.16. The van der Waals surface area contributed by atoms with Crippen LogP contribution in [0.4, 0.5) is 8.78 Å². The van der Waals surface area contributed by atoms with Crippen LogP contribution in [-0.4, -0.2) is 18.3 Å². The van der Waals surface area contributed by atoms with E-state index in [-0.39, 0.29) is 17.6 Å². The maximum absolute atomic E-state index is 13.5. The number of guanidine groups is 1. The first-order valence-corrected chi connectivity index (χ1v) is 5.18. The fraction of sp³-hybridized carbons (Fsp3) is 0.273. The van der Waals surface area contributed by atoms with Crippen molar-refractivity contribution in [3.8, 4) is 5.75 Å². The van der Waals surface area contributed by atoms with Crippen LogP contribution < -0.4 is 16.2 Å². The third kappa shape index (κ3) is 4.00. The molecule has 0 saturated carbocycles. The molecule has 1 aromatic rings. The molecule has 0 radical (unpaired) electrons. The molecule has 0 aliphatic rings. The van der Waals surface area contributed by atoms with Crippen molar-refractivity contribution >= 4 is 12.2 Å². The maximum atomic E-state index is 13.5. The number of nitrogens with zero attached hydrogens (tertiary/aromatic N) is 2. The van der Waals surface area contributed by atoms with Crippen molar-refractivity contribution in [3.05, 3.63) is 29.3 Å². The number of nitrogens with two attached hydrogens (primary N) is 2. The van der Waals surface area contributed by atoms with Gasteiger partial charge in [0.2, 0.25) is 5.96 Å². The molecule has 1 aromatic carbocycles. The van der Waals surface area contributed by atoms with E-state index in [1.54, 1.807) is 13.8 Å². The average Bonchev–Trinajstić information content (AvgIpc) is 2.22. The van der Waals surface area contributed by atoms with Crippen LogP contribution in [0.1, 0.15) is 19.4 Å². The molecule has 0 atom stereocenters. The molecule has 0 aliphatic carbocycles. The topological polar surface area (TPSA) is 86.0 Å². The number of hydrogen-bond donors (Lipinski definition) is 2. The Hall–Kier alpha value is -2.18. The molecule has 1 rings (SSSR count). The summed E-state index contributed by atoms with van der Waals surface area (Å²) in [7, 11) is 0. The van der Waals surface area contributed by atoms with Gasteiger partial charge in [0.15, 0.2) is 17.4 Å². The zero-order chi connectivity index (χ0) is 13.7. The maximum Gasteiger partial charge on any atom is 0.211 e. The van der Waals surface area contributed by atoms with E-state index in [1.807, 2.05) is 0 Å². The quantitative estimate of drug-likeness (QED) is 0.484. The molecule has 0 unspecified atom stereocenters. The summed E-state index contributed by atoms with van der Waals surface area (Å²) >= 11 is 0. The van der Waals surface area contributed by atoms with Crippen LogP contribution in [0.2, 0.25) is 0 Å². The third-order valence-electron chi connectivity index (χ3n) is 1.75. The normalized spacial score (nSPS) is 10.9. The lowest BCUT2D eigenvalue weighted by molar-refractivity contribution is 0.219. The molecular weight excluding hydrogens is 242 g/mol. The summed E-state index contributed by atoms with van der Waals surface area (Å²) in [6.07, 6.45) is 0.806. The second-order valence-corrected chi connectivity index (χ2v) is 3.75. The zero-order valence-corrected chi connectivity index (χ0v) is 10.0. The summed E-state index contributed by atoms with van der Waals surface area (Å²) in [5, 5.41) is 6.77. The van der Waals surface area contributed by atoms with Crippen molar-refractivity contribution in [1.29, 1.82) is 0 Å². The van der Waals surface area contributed by atoms with Gasteiger partial charge in [0.25, 0.3) is 0 Å². The summed E-state index contributed by atoms with van der Waals surface area (Å²) < 4.78 is 32.1. The molecular formula is C11H14F2N4O. The zero-order valence-electron chi connectivity index (χ0n) is 10.0. The summed E-state index contributed by atoms with van der Waals surface area (Å²) in [6.45, 7) is 3.35. The van der Waals surface area contributed by atoms with E-state index < -0.39 is 17.4 Å². The van der Waals surface area contributed by atoms with E-state index in [9.17, 15) is 8.78 Å². The highest BCUT2D eigenvalue weighted by Gasteiger charge is 2.13. The van der Waals surface area contributed by atoms with E-state index in [0.717, 1.165) is 18.3 Å². The van der Waals surface area contributed by atoms with Gasteiger partial charge in [0.1, 0.15) is 0 Å². The Morgan fingerprint density at radius 2 is 1.83 bits per heavy atom. The third-order valence-corrected chi connectivity index (χ3v) is 1.75. The molecule has 0 bridgehead atoms. The highest BCUT2D eigenvalue weighted by Crippen LogP contribution is 2.23. The van der Waals surface area contributed by atoms with Gasteiger partial charge in [-0.2, -0.15) is 5.10 Å². The van der Waals surface area contributed by atoms with Crippen LogP contribution in [0.15, 0.2) is 22.3 Å². The van der Waals surface area contributed by atoms with Crippen LogP contribution in [0, 0.1) is 11.6 Å². The molecule has 0 aromatic heterocycles.